The van der Waals surface area contributed by atoms with Crippen LogP contribution in [0.25, 0.3) is 0 Å². The van der Waals surface area contributed by atoms with Crippen LogP contribution in [0.2, 0.25) is 0 Å². The quantitative estimate of drug-likeness (QED) is 0.698. The van der Waals surface area contributed by atoms with Crippen molar-refractivity contribution in [3.05, 3.63) is 83.3 Å². The van der Waals surface area contributed by atoms with Crippen LogP contribution < -0.4 is 10.6 Å². The predicted molar refractivity (Wildman–Crippen MR) is 102 cm³/mol. The first kappa shape index (κ1) is 17.6. The molecule has 0 atom stereocenters. The van der Waals surface area contributed by atoms with E-state index < -0.39 is 0 Å². The van der Waals surface area contributed by atoms with Crippen molar-refractivity contribution in [1.29, 1.82) is 0 Å². The number of aryl methyl sites for hydroxylation is 2. The minimum absolute atomic E-state index is 0.171. The van der Waals surface area contributed by atoms with E-state index in [1.54, 1.807) is 24.4 Å². The average Bonchev–Trinajstić information content (AvgIpc) is 2.61. The molecule has 132 valence electrons. The van der Waals surface area contributed by atoms with Gasteiger partial charge in [0, 0.05) is 5.69 Å². The zero-order valence-corrected chi connectivity index (χ0v) is 14.7. The molecule has 1 aromatic heterocycles. The maximum atomic E-state index is 12.9. The molecule has 0 bridgehead atoms. The fourth-order valence-corrected chi connectivity index (χ4v) is 2.63. The van der Waals surface area contributed by atoms with Crippen molar-refractivity contribution in [2.75, 3.05) is 10.6 Å². The number of hydrogen-bond acceptors (Lipinski definition) is 3. The molecule has 26 heavy (non-hydrogen) atoms. The Morgan fingerprint density at radius 3 is 2.46 bits per heavy atom. The van der Waals surface area contributed by atoms with Gasteiger partial charge >= 0.3 is 0 Å². The monoisotopic (exact) mass is 349 g/mol. The van der Waals surface area contributed by atoms with Crippen molar-refractivity contribution in [2.45, 2.75) is 20.3 Å². The number of halogens is 1. The molecule has 0 aliphatic rings. The average molecular weight is 349 g/mol. The fraction of sp³-hybridized carbons (Fsp3) is 0.143. The van der Waals surface area contributed by atoms with Crippen molar-refractivity contribution < 1.29 is 9.18 Å². The Hall–Kier alpha value is -3.21. The van der Waals surface area contributed by atoms with E-state index >= 15 is 0 Å². The number of pyridine rings is 1. The lowest BCUT2D eigenvalue weighted by molar-refractivity contribution is -0.115. The van der Waals surface area contributed by atoms with Crippen molar-refractivity contribution in [2.24, 2.45) is 0 Å². The third kappa shape index (κ3) is 4.66. The first-order valence-corrected chi connectivity index (χ1v) is 8.34. The Morgan fingerprint density at radius 1 is 1.04 bits per heavy atom. The van der Waals surface area contributed by atoms with Crippen LogP contribution >= 0.6 is 0 Å². The highest BCUT2D eigenvalue weighted by atomic mass is 19.1. The number of nitrogens with zero attached hydrogens (tertiary/aromatic N) is 1. The second-order valence-electron chi connectivity index (χ2n) is 6.23. The van der Waals surface area contributed by atoms with Gasteiger partial charge in [-0.15, -0.1) is 0 Å². The standard InChI is InChI=1S/C21H20FN3O/c1-14-3-9-19(15(2)11-14)24-18-8-10-20(23-13-18)25-21(26)12-16-4-6-17(22)7-5-16/h3-11,13,24H,12H2,1-2H3,(H,23,25,26). The van der Waals surface area contributed by atoms with E-state index in [4.69, 9.17) is 0 Å². The zero-order chi connectivity index (χ0) is 18.5. The van der Waals surface area contributed by atoms with Gasteiger partial charge in [0.25, 0.3) is 0 Å². The number of anilines is 3. The van der Waals surface area contributed by atoms with E-state index in [9.17, 15) is 9.18 Å². The minimum Gasteiger partial charge on any atom is -0.354 e. The lowest BCUT2D eigenvalue weighted by atomic mass is 10.1. The van der Waals surface area contributed by atoms with Gasteiger partial charge in [-0.1, -0.05) is 29.8 Å². The molecule has 0 saturated heterocycles. The number of benzene rings is 2. The molecule has 0 unspecified atom stereocenters. The number of carbonyl (C=O) groups is 1. The van der Waals surface area contributed by atoms with Gasteiger partial charge in [-0.2, -0.15) is 0 Å². The van der Waals surface area contributed by atoms with E-state index in [1.807, 2.05) is 25.1 Å². The van der Waals surface area contributed by atoms with Gasteiger partial charge in [0.1, 0.15) is 11.6 Å². The Morgan fingerprint density at radius 2 is 1.81 bits per heavy atom. The number of rotatable bonds is 5. The second kappa shape index (κ2) is 7.78. The van der Waals surface area contributed by atoms with Gasteiger partial charge in [-0.25, -0.2) is 9.37 Å². The summed E-state index contributed by atoms with van der Waals surface area (Å²) in [6.45, 7) is 4.11. The van der Waals surface area contributed by atoms with Crippen LogP contribution in [0.3, 0.4) is 0 Å². The molecule has 4 nitrogen and oxygen atoms in total. The fourth-order valence-electron chi connectivity index (χ4n) is 2.63. The summed E-state index contributed by atoms with van der Waals surface area (Å²) in [5.74, 6) is -0.0368. The molecule has 1 heterocycles. The molecule has 3 rings (SSSR count). The van der Waals surface area contributed by atoms with Crippen molar-refractivity contribution in [3.8, 4) is 0 Å². The summed E-state index contributed by atoms with van der Waals surface area (Å²) in [5, 5.41) is 6.06. The maximum absolute atomic E-state index is 12.9. The SMILES string of the molecule is Cc1ccc(Nc2ccc(NC(=O)Cc3ccc(F)cc3)nc2)c(C)c1. The minimum atomic E-state index is -0.317. The lowest BCUT2D eigenvalue weighted by Crippen LogP contribution is -2.15. The van der Waals surface area contributed by atoms with Crippen LogP contribution in [0.15, 0.2) is 60.8 Å². The Labute approximate surface area is 152 Å². The molecule has 2 aromatic carbocycles. The third-order valence-electron chi connectivity index (χ3n) is 3.97. The van der Waals surface area contributed by atoms with Gasteiger partial charge < -0.3 is 10.6 Å². The molecule has 5 heteroatoms. The molecule has 2 N–H and O–H groups in total. The molecule has 0 spiro atoms. The van der Waals surface area contributed by atoms with Gasteiger partial charge in [-0.3, -0.25) is 4.79 Å². The molecule has 0 saturated carbocycles. The molecule has 3 aromatic rings. The van der Waals surface area contributed by atoms with Gasteiger partial charge in [0.2, 0.25) is 5.91 Å². The molecule has 0 aliphatic heterocycles. The molecular weight excluding hydrogens is 329 g/mol. The summed E-state index contributed by atoms with van der Waals surface area (Å²) in [4.78, 5) is 16.3. The van der Waals surface area contributed by atoms with Crippen molar-refractivity contribution >= 4 is 23.1 Å². The summed E-state index contributed by atoms with van der Waals surface area (Å²) in [6, 6.07) is 15.7. The second-order valence-corrected chi connectivity index (χ2v) is 6.23. The molecule has 0 aliphatic carbocycles. The number of carbonyl (C=O) groups excluding carboxylic acids is 1. The summed E-state index contributed by atoms with van der Waals surface area (Å²) >= 11 is 0. The maximum Gasteiger partial charge on any atom is 0.229 e. The summed E-state index contributed by atoms with van der Waals surface area (Å²) in [6.07, 6.45) is 1.84. The number of hydrogen-bond donors (Lipinski definition) is 2. The van der Waals surface area contributed by atoms with Crippen LogP contribution in [-0.2, 0) is 11.2 Å². The van der Waals surface area contributed by atoms with Crippen LogP contribution in [0.5, 0.6) is 0 Å². The van der Waals surface area contributed by atoms with Gasteiger partial charge in [-0.05, 0) is 55.3 Å². The highest BCUT2D eigenvalue weighted by Crippen LogP contribution is 2.21. The van der Waals surface area contributed by atoms with E-state index in [-0.39, 0.29) is 18.1 Å². The summed E-state index contributed by atoms with van der Waals surface area (Å²) < 4.78 is 12.9. The molecule has 1 amide bonds. The Bertz CT molecular complexity index is 906. The first-order chi connectivity index (χ1) is 12.5. The lowest BCUT2D eigenvalue weighted by Gasteiger charge is -2.11. The van der Waals surface area contributed by atoms with E-state index in [2.05, 4.69) is 28.6 Å². The summed E-state index contributed by atoms with van der Waals surface area (Å²) in [7, 11) is 0. The van der Waals surface area contributed by atoms with Gasteiger partial charge in [0.15, 0.2) is 0 Å². The molecular formula is C21H20FN3O. The highest BCUT2D eigenvalue weighted by Gasteiger charge is 2.06. The van der Waals surface area contributed by atoms with E-state index in [0.29, 0.717) is 5.82 Å². The van der Waals surface area contributed by atoms with Crippen LogP contribution in [0, 0.1) is 19.7 Å². The number of nitrogens with one attached hydrogen (secondary N) is 2. The summed E-state index contributed by atoms with van der Waals surface area (Å²) in [5.41, 5.74) is 4.98. The van der Waals surface area contributed by atoms with Crippen molar-refractivity contribution in [3.63, 3.8) is 0 Å². The molecule has 0 radical (unpaired) electrons. The third-order valence-corrected chi connectivity index (χ3v) is 3.97. The Balaban J connectivity index is 1.60. The molecule has 0 fully saturated rings. The number of amides is 1. The normalized spacial score (nSPS) is 10.4. The topological polar surface area (TPSA) is 54.0 Å². The smallest absolute Gasteiger partial charge is 0.229 e. The first-order valence-electron chi connectivity index (χ1n) is 8.34. The largest absolute Gasteiger partial charge is 0.354 e. The van der Waals surface area contributed by atoms with E-state index in [0.717, 1.165) is 22.5 Å². The van der Waals surface area contributed by atoms with Crippen LogP contribution in [-0.4, -0.2) is 10.9 Å². The highest BCUT2D eigenvalue weighted by molar-refractivity contribution is 5.91. The van der Waals surface area contributed by atoms with Crippen LogP contribution in [0.4, 0.5) is 21.6 Å². The zero-order valence-electron chi connectivity index (χ0n) is 14.7. The predicted octanol–water partition coefficient (Wildman–Crippen LogP) is 4.76. The van der Waals surface area contributed by atoms with Crippen molar-refractivity contribution in [1.82, 2.24) is 4.98 Å². The van der Waals surface area contributed by atoms with E-state index in [1.165, 1.54) is 17.7 Å². The Kier molecular flexibility index (Phi) is 5.27. The van der Waals surface area contributed by atoms with Gasteiger partial charge in [0.05, 0.1) is 18.3 Å². The van der Waals surface area contributed by atoms with Crippen LogP contribution in [0.1, 0.15) is 16.7 Å². The number of aromatic nitrogens is 1.